The van der Waals surface area contributed by atoms with Crippen LogP contribution in [0.25, 0.3) is 66.6 Å². The number of hydrogen-bond donors (Lipinski definition) is 7. The molecule has 2 aromatic heterocycles. The number of benzene rings is 6. The summed E-state index contributed by atoms with van der Waals surface area (Å²) in [6.07, 6.45) is -2.40. The highest BCUT2D eigenvalue weighted by Gasteiger charge is 2.50. The first-order valence-electron chi connectivity index (χ1n) is 26.8. The Labute approximate surface area is 466 Å². The highest BCUT2D eigenvalue weighted by atomic mass is 35.5. The molecule has 6 aliphatic rings. The molecular formula is C60H62Cl2N8O9. The zero-order valence-electron chi connectivity index (χ0n) is 43.2. The molecule has 6 aliphatic heterocycles. The number of halogens is 2. The highest BCUT2D eigenvalue weighted by molar-refractivity contribution is 6.34. The first-order chi connectivity index (χ1) is 38.6. The number of ether oxygens (including phenoxy) is 6. The van der Waals surface area contributed by atoms with Gasteiger partial charge in [-0.1, -0.05) is 120 Å². The van der Waals surface area contributed by atoms with Gasteiger partial charge in [-0.05, 0) is 88.1 Å². The maximum absolute atomic E-state index is 10.9. The molecule has 19 heteroatoms. The van der Waals surface area contributed by atoms with Crippen LogP contribution in [-0.4, -0.2) is 156 Å². The van der Waals surface area contributed by atoms with Crippen molar-refractivity contribution in [2.75, 3.05) is 65.7 Å². The number of aromatic amines is 2. The Bertz CT molecular complexity index is 3390. The number of aliphatic hydroxyl groups is 2. The number of nitrogens with one attached hydrogen (secondary N) is 3. The molecule has 14 rings (SSSR count). The van der Waals surface area contributed by atoms with Crippen LogP contribution in [-0.2, 0) is 25.5 Å². The first-order valence-corrected chi connectivity index (χ1v) is 27.5. The van der Waals surface area contributed by atoms with Gasteiger partial charge >= 0.3 is 0 Å². The Balaban J connectivity index is 0.000000144. The monoisotopic (exact) mass is 1110 g/mol. The van der Waals surface area contributed by atoms with Gasteiger partial charge in [-0.2, -0.15) is 9.97 Å². The quantitative estimate of drug-likeness (QED) is 0.0562. The maximum atomic E-state index is 10.9. The number of likely N-dealkylation sites (tertiary alicyclic amines) is 1. The largest absolute Gasteiger partial charge is 0.456 e. The lowest BCUT2D eigenvalue weighted by Gasteiger charge is -2.38. The van der Waals surface area contributed by atoms with Crippen molar-refractivity contribution < 1.29 is 43.4 Å². The van der Waals surface area contributed by atoms with Crippen LogP contribution in [0.5, 0.6) is 12.0 Å². The number of H-pyrrole nitrogens is 2. The molecule has 6 aromatic carbocycles. The van der Waals surface area contributed by atoms with E-state index in [-0.39, 0.29) is 49.8 Å². The van der Waals surface area contributed by atoms with Gasteiger partial charge in [0.15, 0.2) is 12.2 Å². The van der Waals surface area contributed by atoms with Gasteiger partial charge < -0.3 is 65.4 Å². The van der Waals surface area contributed by atoms with Gasteiger partial charge in [0.25, 0.3) is 12.0 Å². The van der Waals surface area contributed by atoms with Gasteiger partial charge in [-0.25, -0.2) is 0 Å². The topological polar surface area (TPSA) is 238 Å². The molecule has 17 nitrogen and oxygen atoms in total. The Morgan fingerprint density at radius 2 is 0.987 bits per heavy atom. The zero-order chi connectivity index (χ0) is 54.1. The molecule has 9 N–H and O–H groups in total. The summed E-state index contributed by atoms with van der Waals surface area (Å²) in [5.74, 6) is 1.43. The van der Waals surface area contributed by atoms with Gasteiger partial charge in [0.05, 0.1) is 58.5 Å². The number of aliphatic hydroxyl groups excluding tert-OH is 2. The van der Waals surface area contributed by atoms with E-state index in [9.17, 15) is 15.0 Å². The first kappa shape index (κ1) is 53.4. The third-order valence-corrected chi connectivity index (χ3v) is 16.2. The molecule has 0 aliphatic carbocycles. The average Bonchev–Trinajstić information content (AvgIpc) is 4.45. The molecule has 410 valence electrons. The molecule has 79 heavy (non-hydrogen) atoms. The van der Waals surface area contributed by atoms with E-state index in [1.165, 1.54) is 11.1 Å². The number of hydrogen-bond acceptors (Lipinski definition) is 15. The predicted molar refractivity (Wildman–Crippen MR) is 302 cm³/mol. The van der Waals surface area contributed by atoms with Gasteiger partial charge in [-0.15, -0.1) is 0 Å². The summed E-state index contributed by atoms with van der Waals surface area (Å²) in [4.78, 5) is 28.9. The van der Waals surface area contributed by atoms with Crippen LogP contribution in [0.1, 0.15) is 15.9 Å². The molecule has 8 aromatic rings. The number of carbonyl (C=O) groups excluding carboxylic acids is 1. The van der Waals surface area contributed by atoms with Crippen molar-refractivity contribution in [1.82, 2.24) is 30.2 Å². The van der Waals surface area contributed by atoms with Crippen molar-refractivity contribution in [2.45, 2.75) is 55.4 Å². The van der Waals surface area contributed by atoms with Gasteiger partial charge in [0, 0.05) is 49.4 Å². The minimum Gasteiger partial charge on any atom is -0.456 e. The average molecular weight is 1110 g/mol. The summed E-state index contributed by atoms with van der Waals surface area (Å²) in [6.45, 7) is 8.25. The SMILES string of the molecule is NCC1CN(Cc2ccc(-c3ccc(-c4cc5nc(O[C@@H]6CO[C@H]7[C@@H]6OC[C@H]7O)[nH]c5cc4Cl)cc3)cc2)C1.NCC1CNC1.O=Cc1ccc(-c2ccc(-c3cc4nc(O[C@@H]5CO[C@H]6[C@@H]5OC[C@H]6O)[nH]c4cc3Cl)cc2)cc1. The number of aldehydes is 1. The lowest BCUT2D eigenvalue weighted by Crippen LogP contribution is -2.49. The van der Waals surface area contributed by atoms with E-state index in [1.807, 2.05) is 60.7 Å². The summed E-state index contributed by atoms with van der Waals surface area (Å²) >= 11 is 13.3. The Hall–Kier alpha value is -6.29. The second-order valence-electron chi connectivity index (χ2n) is 21.1. The van der Waals surface area contributed by atoms with Gasteiger partial charge in [-0.3, -0.25) is 9.69 Å². The molecule has 8 heterocycles. The normalized spacial score (nSPS) is 24.5. The second kappa shape index (κ2) is 23.4. The Morgan fingerprint density at radius 3 is 1.39 bits per heavy atom. The van der Waals surface area contributed by atoms with Crippen molar-refractivity contribution >= 4 is 51.6 Å². The van der Waals surface area contributed by atoms with E-state index in [4.69, 9.17) is 63.1 Å². The van der Waals surface area contributed by atoms with Crippen molar-refractivity contribution in [1.29, 1.82) is 0 Å². The van der Waals surface area contributed by atoms with E-state index in [2.05, 4.69) is 78.7 Å². The van der Waals surface area contributed by atoms with Crippen molar-refractivity contribution in [3.8, 4) is 56.5 Å². The third-order valence-electron chi connectivity index (χ3n) is 15.6. The maximum Gasteiger partial charge on any atom is 0.295 e. The highest BCUT2D eigenvalue weighted by Crippen LogP contribution is 2.38. The number of carbonyl (C=O) groups is 1. The van der Waals surface area contributed by atoms with E-state index >= 15 is 0 Å². The number of rotatable bonds is 13. The molecule has 8 atom stereocenters. The lowest BCUT2D eigenvalue weighted by molar-refractivity contribution is 0.00704. The molecule has 6 fully saturated rings. The van der Waals surface area contributed by atoms with Gasteiger partial charge in [0.1, 0.15) is 42.9 Å². The lowest BCUT2D eigenvalue weighted by atomic mass is 9.97. The fourth-order valence-electron chi connectivity index (χ4n) is 10.9. The molecule has 0 bridgehead atoms. The summed E-state index contributed by atoms with van der Waals surface area (Å²) in [7, 11) is 0. The fraction of sp³-hybridized carbons (Fsp3) is 0.350. The summed E-state index contributed by atoms with van der Waals surface area (Å²) in [5.41, 5.74) is 24.2. The van der Waals surface area contributed by atoms with Crippen molar-refractivity contribution in [3.05, 3.63) is 142 Å². The van der Waals surface area contributed by atoms with E-state index in [0.29, 0.717) is 46.8 Å². The van der Waals surface area contributed by atoms with E-state index < -0.39 is 12.2 Å². The van der Waals surface area contributed by atoms with Crippen LogP contribution in [0.4, 0.5) is 0 Å². The summed E-state index contributed by atoms with van der Waals surface area (Å²) < 4.78 is 34.6. The molecule has 0 amide bonds. The predicted octanol–water partition coefficient (Wildman–Crippen LogP) is 7.28. The van der Waals surface area contributed by atoms with Gasteiger partial charge in [0.2, 0.25) is 0 Å². The van der Waals surface area contributed by atoms with Crippen LogP contribution in [0.15, 0.2) is 121 Å². The van der Waals surface area contributed by atoms with Crippen LogP contribution in [0.3, 0.4) is 0 Å². The molecule has 0 saturated carbocycles. The Morgan fingerprint density at radius 1 is 0.570 bits per heavy atom. The van der Waals surface area contributed by atoms with E-state index in [1.54, 1.807) is 12.1 Å². The molecular weight excluding hydrogens is 1050 g/mol. The minimum absolute atomic E-state index is 0.247. The van der Waals surface area contributed by atoms with Crippen LogP contribution >= 0.6 is 23.2 Å². The molecule has 6 saturated heterocycles. The van der Waals surface area contributed by atoms with E-state index in [0.717, 1.165) is 119 Å². The zero-order valence-corrected chi connectivity index (χ0v) is 44.7. The second-order valence-corrected chi connectivity index (χ2v) is 21.9. The van der Waals surface area contributed by atoms with Crippen LogP contribution < -0.4 is 26.3 Å². The molecule has 0 unspecified atom stereocenters. The standard InChI is InChI=1S/C30H31ClN4O4.C26H21ClN2O5.C4H10N2/c31-23-10-25-24(33-30(34-25)39-27-16-38-28-26(36)15-37-29(27)28)9-22(23)21-7-5-20(6-8-21)19-3-1-17(2-4-19)12-35-13-18(11-32)14-35;27-19-10-21-20(28-26(29-21)34-23-13-33-24-22(31)12-32-25(23)24)9-18(19)17-7-5-16(6-8-17)15-3-1-14(11-30)2-4-15;5-1-4-2-6-3-4/h1-10,18,26-29,36H,11-16,32H2,(H,33,34);1-11,22-25,31H,12-13H2,(H,28,29);4,6H,1-3,5H2/t26-,27-,28-,29-;22-,23-,24-,25-;/m11./s1. The summed E-state index contributed by atoms with van der Waals surface area (Å²) in [6, 6.07) is 41.1. The fourth-order valence-corrected chi connectivity index (χ4v) is 11.5. The number of nitrogens with zero attached hydrogens (tertiary/aromatic N) is 3. The number of aromatic nitrogens is 4. The molecule has 0 radical (unpaired) electrons. The van der Waals surface area contributed by atoms with Crippen LogP contribution in [0, 0.1) is 11.8 Å². The third kappa shape index (κ3) is 11.5. The number of nitrogens with two attached hydrogens (primary N) is 2. The minimum atomic E-state index is -0.627. The van der Waals surface area contributed by atoms with Crippen molar-refractivity contribution in [3.63, 3.8) is 0 Å². The smallest absolute Gasteiger partial charge is 0.295 e. The Kier molecular flexibility index (Phi) is 15.8. The summed E-state index contributed by atoms with van der Waals surface area (Å²) in [5, 5.41) is 24.2. The molecule has 0 spiro atoms. The number of imidazole rings is 2. The van der Waals surface area contributed by atoms with Crippen LogP contribution in [0.2, 0.25) is 10.0 Å². The van der Waals surface area contributed by atoms with Crippen molar-refractivity contribution in [2.24, 2.45) is 23.3 Å². The number of fused-ring (bicyclic) bond motifs is 4.